The summed E-state index contributed by atoms with van der Waals surface area (Å²) in [7, 11) is 0. The molecule has 2 aromatic rings. The van der Waals surface area contributed by atoms with Gasteiger partial charge in [-0.15, -0.1) is 11.3 Å². The van der Waals surface area contributed by atoms with Crippen LogP contribution in [0.2, 0.25) is 4.34 Å². The Morgan fingerprint density at radius 3 is 2.94 bits per heavy atom. The van der Waals surface area contributed by atoms with Crippen molar-refractivity contribution in [1.29, 1.82) is 0 Å². The van der Waals surface area contributed by atoms with Gasteiger partial charge in [-0.25, -0.2) is 0 Å². The number of halogens is 1. The molecule has 0 radical (unpaired) electrons. The van der Waals surface area contributed by atoms with Gasteiger partial charge in [-0.1, -0.05) is 11.6 Å². The van der Waals surface area contributed by atoms with Gasteiger partial charge in [0.2, 0.25) is 0 Å². The predicted octanol–water partition coefficient (Wildman–Crippen LogP) is 1.99. The number of hydrogen-bond donors (Lipinski definition) is 3. The highest BCUT2D eigenvalue weighted by Crippen LogP contribution is 2.21. The summed E-state index contributed by atoms with van der Waals surface area (Å²) in [5.74, 6) is -0.264. The third-order valence-corrected chi connectivity index (χ3v) is 3.79. The van der Waals surface area contributed by atoms with Crippen molar-refractivity contribution in [1.82, 2.24) is 15.5 Å². The average molecular weight is 285 g/mol. The van der Waals surface area contributed by atoms with Crippen LogP contribution in [0.25, 0.3) is 0 Å². The molecule has 2 heterocycles. The molecule has 0 aliphatic rings. The van der Waals surface area contributed by atoms with E-state index in [0.29, 0.717) is 17.9 Å². The molecular weight excluding hydrogens is 272 g/mol. The van der Waals surface area contributed by atoms with Crippen molar-refractivity contribution in [2.45, 2.75) is 13.3 Å². The molecule has 2 rings (SSSR count). The Morgan fingerprint density at radius 1 is 1.61 bits per heavy atom. The first-order valence-electron chi connectivity index (χ1n) is 5.41. The molecule has 0 aliphatic heterocycles. The molecule has 2 aromatic heterocycles. The van der Waals surface area contributed by atoms with Crippen LogP contribution < -0.4 is 11.1 Å². The zero-order chi connectivity index (χ0) is 13.1. The minimum atomic E-state index is -0.264. The lowest BCUT2D eigenvalue weighted by atomic mass is 10.3. The number of aromatic amines is 1. The van der Waals surface area contributed by atoms with Gasteiger partial charge in [-0.2, -0.15) is 5.10 Å². The molecule has 18 heavy (non-hydrogen) atoms. The number of aromatic nitrogens is 2. The minimum Gasteiger partial charge on any atom is -0.395 e. The summed E-state index contributed by atoms with van der Waals surface area (Å²) in [5, 5.41) is 9.32. The maximum absolute atomic E-state index is 11.8. The summed E-state index contributed by atoms with van der Waals surface area (Å²) < 4.78 is 0.753. The molecule has 0 atom stereocenters. The molecule has 0 aromatic carbocycles. The van der Waals surface area contributed by atoms with Crippen LogP contribution in [0.3, 0.4) is 0 Å². The van der Waals surface area contributed by atoms with Crippen LogP contribution in [-0.4, -0.2) is 22.6 Å². The fourth-order valence-corrected chi connectivity index (χ4v) is 2.57. The minimum absolute atomic E-state index is 0.247. The van der Waals surface area contributed by atoms with E-state index < -0.39 is 0 Å². The van der Waals surface area contributed by atoms with E-state index in [2.05, 4.69) is 15.5 Å². The summed E-state index contributed by atoms with van der Waals surface area (Å²) in [6, 6.07) is 3.80. The number of nitrogens with one attached hydrogen (secondary N) is 2. The molecule has 0 saturated heterocycles. The van der Waals surface area contributed by atoms with Gasteiger partial charge >= 0.3 is 0 Å². The highest BCUT2D eigenvalue weighted by molar-refractivity contribution is 7.16. The van der Waals surface area contributed by atoms with Gasteiger partial charge < -0.3 is 11.1 Å². The number of rotatable bonds is 4. The standard InChI is InChI=1S/C11H13ClN4OS/c1-6-9(13)10(16-15-6)11(17)14-5-4-7-2-3-8(12)18-7/h2-3H,4-5,13H2,1H3,(H,14,17)(H,15,16). The van der Waals surface area contributed by atoms with E-state index in [4.69, 9.17) is 17.3 Å². The third-order valence-electron chi connectivity index (χ3n) is 2.50. The monoisotopic (exact) mass is 284 g/mol. The van der Waals surface area contributed by atoms with Crippen molar-refractivity contribution >= 4 is 34.5 Å². The fourth-order valence-electron chi connectivity index (χ4n) is 1.48. The molecule has 0 bridgehead atoms. The second kappa shape index (κ2) is 5.41. The van der Waals surface area contributed by atoms with Gasteiger partial charge in [-0.05, 0) is 25.5 Å². The number of amides is 1. The number of aryl methyl sites for hydroxylation is 1. The highest BCUT2D eigenvalue weighted by Gasteiger charge is 2.14. The van der Waals surface area contributed by atoms with Crippen LogP contribution in [0, 0.1) is 6.92 Å². The summed E-state index contributed by atoms with van der Waals surface area (Å²) in [4.78, 5) is 12.9. The molecule has 1 amide bonds. The average Bonchev–Trinajstić information content (AvgIpc) is 2.87. The highest BCUT2D eigenvalue weighted by atomic mass is 35.5. The summed E-state index contributed by atoms with van der Waals surface area (Å²) >= 11 is 7.33. The first-order valence-corrected chi connectivity index (χ1v) is 6.60. The maximum atomic E-state index is 11.8. The van der Waals surface area contributed by atoms with Crippen LogP contribution in [0.1, 0.15) is 21.1 Å². The lowest BCUT2D eigenvalue weighted by Gasteiger charge is -2.02. The van der Waals surface area contributed by atoms with Crippen LogP contribution >= 0.6 is 22.9 Å². The molecule has 0 aliphatic carbocycles. The van der Waals surface area contributed by atoms with Gasteiger partial charge in [-0.3, -0.25) is 9.89 Å². The van der Waals surface area contributed by atoms with E-state index in [-0.39, 0.29) is 11.6 Å². The summed E-state index contributed by atoms with van der Waals surface area (Å²) in [6.45, 7) is 2.30. The Bertz CT molecular complexity index is 563. The second-order valence-corrected chi connectivity index (χ2v) is 5.62. The van der Waals surface area contributed by atoms with E-state index in [0.717, 1.165) is 15.6 Å². The largest absolute Gasteiger partial charge is 0.395 e. The van der Waals surface area contributed by atoms with Crippen molar-refractivity contribution < 1.29 is 4.79 Å². The number of carbonyl (C=O) groups excluding carboxylic acids is 1. The summed E-state index contributed by atoms with van der Waals surface area (Å²) in [6.07, 6.45) is 0.742. The fraction of sp³-hybridized carbons (Fsp3) is 0.273. The van der Waals surface area contributed by atoms with Crippen molar-refractivity contribution in [2.24, 2.45) is 0 Å². The normalized spacial score (nSPS) is 10.6. The number of hydrogen-bond acceptors (Lipinski definition) is 4. The Labute approximate surface area is 113 Å². The molecule has 4 N–H and O–H groups in total. The van der Waals surface area contributed by atoms with Gasteiger partial charge in [0.1, 0.15) is 0 Å². The Hall–Kier alpha value is -1.53. The number of thiophene rings is 1. The lowest BCUT2D eigenvalue weighted by molar-refractivity contribution is 0.0950. The van der Waals surface area contributed by atoms with E-state index in [1.54, 1.807) is 6.92 Å². The smallest absolute Gasteiger partial charge is 0.273 e. The van der Waals surface area contributed by atoms with Crippen LogP contribution in [0.4, 0.5) is 5.69 Å². The molecule has 0 spiro atoms. The molecule has 7 heteroatoms. The van der Waals surface area contributed by atoms with Crippen molar-refractivity contribution in [3.05, 3.63) is 32.7 Å². The van der Waals surface area contributed by atoms with Crippen molar-refractivity contribution in [3.63, 3.8) is 0 Å². The maximum Gasteiger partial charge on any atom is 0.273 e. The number of nitrogen functional groups attached to an aromatic ring is 1. The number of H-pyrrole nitrogens is 1. The Kier molecular flexibility index (Phi) is 3.88. The van der Waals surface area contributed by atoms with Crippen LogP contribution in [0.5, 0.6) is 0 Å². The van der Waals surface area contributed by atoms with Gasteiger partial charge in [0, 0.05) is 11.4 Å². The van der Waals surface area contributed by atoms with E-state index in [9.17, 15) is 4.79 Å². The Balaban J connectivity index is 1.87. The van der Waals surface area contributed by atoms with E-state index in [1.165, 1.54) is 11.3 Å². The van der Waals surface area contributed by atoms with Gasteiger partial charge in [0.05, 0.1) is 15.7 Å². The number of nitrogens with zero attached hydrogens (tertiary/aromatic N) is 1. The van der Waals surface area contributed by atoms with Gasteiger partial charge in [0.25, 0.3) is 5.91 Å². The molecule has 5 nitrogen and oxygen atoms in total. The SMILES string of the molecule is Cc1[nH]nc(C(=O)NCCc2ccc(Cl)s2)c1N. The van der Waals surface area contributed by atoms with E-state index in [1.807, 2.05) is 12.1 Å². The van der Waals surface area contributed by atoms with Crippen LogP contribution in [-0.2, 0) is 6.42 Å². The molecule has 0 fully saturated rings. The predicted molar refractivity (Wildman–Crippen MR) is 73.1 cm³/mol. The quantitative estimate of drug-likeness (QED) is 0.803. The first kappa shape index (κ1) is 12.9. The second-order valence-electron chi connectivity index (χ2n) is 3.82. The zero-order valence-electron chi connectivity index (χ0n) is 9.79. The summed E-state index contributed by atoms with van der Waals surface area (Å²) in [5.41, 5.74) is 7.06. The Morgan fingerprint density at radius 2 is 2.39 bits per heavy atom. The molecule has 96 valence electrons. The number of carbonyl (C=O) groups is 1. The molecular formula is C11H13ClN4OS. The third kappa shape index (κ3) is 2.83. The van der Waals surface area contributed by atoms with Crippen molar-refractivity contribution in [2.75, 3.05) is 12.3 Å². The van der Waals surface area contributed by atoms with Crippen molar-refractivity contribution in [3.8, 4) is 0 Å². The first-order chi connectivity index (χ1) is 8.58. The molecule has 0 unspecified atom stereocenters. The van der Waals surface area contributed by atoms with E-state index >= 15 is 0 Å². The number of nitrogens with two attached hydrogens (primary N) is 1. The van der Waals surface area contributed by atoms with Gasteiger partial charge in [0.15, 0.2) is 5.69 Å². The zero-order valence-corrected chi connectivity index (χ0v) is 11.4. The molecule has 0 saturated carbocycles. The lowest BCUT2D eigenvalue weighted by Crippen LogP contribution is -2.26. The number of anilines is 1. The topological polar surface area (TPSA) is 83.8 Å². The van der Waals surface area contributed by atoms with Crippen LogP contribution in [0.15, 0.2) is 12.1 Å².